The standard InChI is InChI=1S/C12H17F7O2/c13-10(14,11(15,16)12(17,18)19)5-1-2-6-20-8-9-4-3-7-21-9/h9H,1-8H2. The summed E-state index contributed by atoms with van der Waals surface area (Å²) in [5.41, 5.74) is 0. The summed E-state index contributed by atoms with van der Waals surface area (Å²) < 4.78 is 96.9. The maximum absolute atomic E-state index is 12.9. The average molecular weight is 326 g/mol. The van der Waals surface area contributed by atoms with Crippen LogP contribution in [-0.2, 0) is 9.47 Å². The molecule has 1 atom stereocenters. The molecule has 1 aliphatic heterocycles. The molecule has 9 heteroatoms. The minimum absolute atomic E-state index is 0.0176. The summed E-state index contributed by atoms with van der Waals surface area (Å²) in [6, 6.07) is 0. The lowest BCUT2D eigenvalue weighted by atomic mass is 10.0. The third-order valence-corrected chi connectivity index (χ3v) is 3.17. The molecule has 0 aliphatic carbocycles. The van der Waals surface area contributed by atoms with Gasteiger partial charge in [-0.2, -0.15) is 30.7 Å². The maximum Gasteiger partial charge on any atom is 0.459 e. The SMILES string of the molecule is FC(F)(F)C(F)(F)C(F)(F)CCCCOCC1CCCO1. The molecule has 0 spiro atoms. The van der Waals surface area contributed by atoms with Gasteiger partial charge in [-0.05, 0) is 25.7 Å². The highest BCUT2D eigenvalue weighted by Crippen LogP contribution is 2.48. The highest BCUT2D eigenvalue weighted by atomic mass is 19.4. The third kappa shape index (κ3) is 4.98. The van der Waals surface area contributed by atoms with E-state index in [0.717, 1.165) is 12.8 Å². The molecule has 1 heterocycles. The summed E-state index contributed by atoms with van der Waals surface area (Å²) >= 11 is 0. The zero-order chi connectivity index (χ0) is 16.1. The molecule has 2 nitrogen and oxygen atoms in total. The van der Waals surface area contributed by atoms with Crippen molar-refractivity contribution in [2.24, 2.45) is 0 Å². The molecule has 0 aromatic carbocycles. The van der Waals surface area contributed by atoms with Gasteiger partial charge < -0.3 is 9.47 Å². The Morgan fingerprint density at radius 3 is 2.19 bits per heavy atom. The number of hydrogen-bond acceptors (Lipinski definition) is 2. The molecule has 0 aromatic rings. The fraction of sp³-hybridized carbons (Fsp3) is 1.00. The van der Waals surface area contributed by atoms with Crippen LogP contribution in [0.15, 0.2) is 0 Å². The van der Waals surface area contributed by atoms with E-state index in [1.165, 1.54) is 0 Å². The van der Waals surface area contributed by atoms with E-state index >= 15 is 0 Å². The van der Waals surface area contributed by atoms with Gasteiger partial charge in [0.1, 0.15) is 0 Å². The topological polar surface area (TPSA) is 18.5 Å². The Bertz CT molecular complexity index is 311. The summed E-state index contributed by atoms with van der Waals surface area (Å²) in [6.07, 6.45) is -6.61. The van der Waals surface area contributed by atoms with Gasteiger partial charge in [-0.1, -0.05) is 0 Å². The van der Waals surface area contributed by atoms with Crippen LogP contribution in [0.25, 0.3) is 0 Å². The maximum atomic E-state index is 12.9. The number of ether oxygens (including phenoxy) is 2. The molecular formula is C12H17F7O2. The molecule has 1 unspecified atom stereocenters. The van der Waals surface area contributed by atoms with Crippen molar-refractivity contribution in [3.05, 3.63) is 0 Å². The first-order chi connectivity index (χ1) is 9.58. The van der Waals surface area contributed by atoms with E-state index < -0.39 is 30.9 Å². The zero-order valence-electron chi connectivity index (χ0n) is 11.2. The van der Waals surface area contributed by atoms with Crippen LogP contribution < -0.4 is 0 Å². The fourth-order valence-corrected chi connectivity index (χ4v) is 1.91. The van der Waals surface area contributed by atoms with Crippen molar-refractivity contribution in [3.63, 3.8) is 0 Å². The Morgan fingerprint density at radius 2 is 1.67 bits per heavy atom. The van der Waals surface area contributed by atoms with Crippen LogP contribution in [0.5, 0.6) is 0 Å². The molecule has 0 radical (unpaired) electrons. The van der Waals surface area contributed by atoms with Gasteiger partial charge in [0.15, 0.2) is 0 Å². The van der Waals surface area contributed by atoms with E-state index in [2.05, 4.69) is 0 Å². The van der Waals surface area contributed by atoms with Crippen LogP contribution in [0.4, 0.5) is 30.7 Å². The first-order valence-electron chi connectivity index (χ1n) is 6.59. The Hall–Kier alpha value is -0.570. The number of unbranched alkanes of at least 4 members (excludes halogenated alkanes) is 1. The minimum atomic E-state index is -6.26. The van der Waals surface area contributed by atoms with E-state index in [0.29, 0.717) is 6.61 Å². The summed E-state index contributed by atoms with van der Waals surface area (Å²) in [5, 5.41) is 0. The molecule has 0 saturated carbocycles. The zero-order valence-corrected chi connectivity index (χ0v) is 11.2. The van der Waals surface area contributed by atoms with Crippen LogP contribution in [0.1, 0.15) is 32.1 Å². The average Bonchev–Trinajstić information content (AvgIpc) is 2.85. The molecule has 21 heavy (non-hydrogen) atoms. The van der Waals surface area contributed by atoms with Crippen LogP contribution >= 0.6 is 0 Å². The third-order valence-electron chi connectivity index (χ3n) is 3.17. The predicted octanol–water partition coefficient (Wildman–Crippen LogP) is 4.19. The minimum Gasteiger partial charge on any atom is -0.379 e. The fourth-order valence-electron chi connectivity index (χ4n) is 1.91. The molecule has 126 valence electrons. The molecule has 0 bridgehead atoms. The van der Waals surface area contributed by atoms with Crippen molar-refractivity contribution >= 4 is 0 Å². The monoisotopic (exact) mass is 326 g/mol. The Labute approximate surface area is 117 Å². The first kappa shape index (κ1) is 18.5. The smallest absolute Gasteiger partial charge is 0.379 e. The van der Waals surface area contributed by atoms with Gasteiger partial charge >= 0.3 is 18.0 Å². The Balaban J connectivity index is 2.21. The number of alkyl halides is 7. The highest BCUT2D eigenvalue weighted by Gasteiger charge is 2.72. The summed E-state index contributed by atoms with van der Waals surface area (Å²) in [7, 11) is 0. The first-order valence-corrected chi connectivity index (χ1v) is 6.59. The molecule has 0 amide bonds. The van der Waals surface area contributed by atoms with Crippen LogP contribution in [0.2, 0.25) is 0 Å². The normalized spacial score (nSPS) is 21.0. The molecule has 1 fully saturated rings. The predicted molar refractivity (Wildman–Crippen MR) is 59.6 cm³/mol. The Kier molecular flexibility index (Phi) is 6.27. The van der Waals surface area contributed by atoms with Crippen LogP contribution in [0, 0.1) is 0 Å². The highest BCUT2D eigenvalue weighted by molar-refractivity contribution is 4.90. The van der Waals surface area contributed by atoms with Crippen LogP contribution in [-0.4, -0.2) is 43.9 Å². The van der Waals surface area contributed by atoms with E-state index in [1.54, 1.807) is 0 Å². The van der Waals surface area contributed by atoms with Crippen molar-refractivity contribution in [3.8, 4) is 0 Å². The molecule has 1 rings (SSSR count). The molecule has 1 saturated heterocycles. The van der Waals surface area contributed by atoms with Gasteiger partial charge in [0, 0.05) is 19.6 Å². The van der Waals surface area contributed by atoms with Gasteiger partial charge in [0.2, 0.25) is 0 Å². The van der Waals surface area contributed by atoms with E-state index in [1.807, 2.05) is 0 Å². The van der Waals surface area contributed by atoms with Crippen molar-refractivity contribution in [2.75, 3.05) is 19.8 Å². The Morgan fingerprint density at radius 1 is 1.00 bits per heavy atom. The summed E-state index contributed by atoms with van der Waals surface area (Å²) in [5.74, 6) is -11.1. The molecule has 0 N–H and O–H groups in total. The second-order valence-electron chi connectivity index (χ2n) is 4.94. The quantitative estimate of drug-likeness (QED) is 0.492. The molecule has 0 aromatic heterocycles. The summed E-state index contributed by atoms with van der Waals surface area (Å²) in [6.45, 7) is 0.926. The lowest BCUT2D eigenvalue weighted by Crippen LogP contribution is -2.51. The van der Waals surface area contributed by atoms with E-state index in [9.17, 15) is 30.7 Å². The van der Waals surface area contributed by atoms with Gasteiger partial charge in [-0.3, -0.25) is 0 Å². The van der Waals surface area contributed by atoms with Crippen molar-refractivity contribution in [1.29, 1.82) is 0 Å². The number of hydrogen-bond donors (Lipinski definition) is 0. The lowest BCUT2D eigenvalue weighted by molar-refractivity contribution is -0.355. The van der Waals surface area contributed by atoms with Gasteiger partial charge in [0.05, 0.1) is 12.7 Å². The largest absolute Gasteiger partial charge is 0.459 e. The second-order valence-corrected chi connectivity index (χ2v) is 4.94. The number of rotatable bonds is 8. The lowest BCUT2D eigenvalue weighted by Gasteiger charge is -2.28. The van der Waals surface area contributed by atoms with E-state index in [-0.39, 0.29) is 25.7 Å². The van der Waals surface area contributed by atoms with Crippen molar-refractivity contribution in [1.82, 2.24) is 0 Å². The van der Waals surface area contributed by atoms with Gasteiger partial charge in [-0.25, -0.2) is 0 Å². The van der Waals surface area contributed by atoms with Gasteiger partial charge in [-0.15, -0.1) is 0 Å². The van der Waals surface area contributed by atoms with Crippen molar-refractivity contribution < 1.29 is 40.2 Å². The molecular weight excluding hydrogens is 309 g/mol. The second kappa shape index (κ2) is 7.13. The van der Waals surface area contributed by atoms with Crippen molar-refractivity contribution in [2.45, 2.75) is 56.2 Å². The number of halogens is 7. The summed E-state index contributed by atoms with van der Waals surface area (Å²) in [4.78, 5) is 0. The van der Waals surface area contributed by atoms with Gasteiger partial charge in [0.25, 0.3) is 0 Å². The van der Waals surface area contributed by atoms with Crippen LogP contribution in [0.3, 0.4) is 0 Å². The molecule has 1 aliphatic rings. The van der Waals surface area contributed by atoms with E-state index in [4.69, 9.17) is 9.47 Å².